The molecule has 1 heterocycles. The van der Waals surface area contributed by atoms with Crippen molar-refractivity contribution in [3.8, 4) is 5.75 Å². The molecule has 24 heavy (non-hydrogen) atoms. The fourth-order valence-corrected chi connectivity index (χ4v) is 2.78. The average molecular weight is 340 g/mol. The topological polar surface area (TPSA) is 99.4 Å². The number of aliphatic hydroxyl groups is 4. The van der Waals surface area contributed by atoms with E-state index in [9.17, 15) is 20.4 Å². The Labute approximate surface area is 142 Å². The Morgan fingerprint density at radius 2 is 1.75 bits per heavy atom. The van der Waals surface area contributed by atoms with Crippen LogP contribution in [-0.2, 0) is 16.6 Å². The van der Waals surface area contributed by atoms with Gasteiger partial charge in [-0.3, -0.25) is 0 Å². The molecule has 0 bridgehead atoms. The number of benzene rings is 1. The minimum Gasteiger partial charge on any atom is -0.462 e. The molecular weight excluding hydrogens is 312 g/mol. The van der Waals surface area contributed by atoms with Gasteiger partial charge in [-0.1, -0.05) is 39.8 Å². The predicted octanol–water partition coefficient (Wildman–Crippen LogP) is 0.725. The maximum Gasteiger partial charge on any atom is 0.229 e. The summed E-state index contributed by atoms with van der Waals surface area (Å²) in [4.78, 5) is 0. The molecular formula is C18H28O6. The van der Waals surface area contributed by atoms with Gasteiger partial charge >= 0.3 is 0 Å². The number of aryl methyl sites for hydroxylation is 1. The summed E-state index contributed by atoms with van der Waals surface area (Å²) in [5.41, 5.74) is 1.94. The van der Waals surface area contributed by atoms with Gasteiger partial charge in [-0.05, 0) is 29.0 Å². The van der Waals surface area contributed by atoms with Gasteiger partial charge in [0.15, 0.2) is 0 Å². The smallest absolute Gasteiger partial charge is 0.229 e. The van der Waals surface area contributed by atoms with E-state index in [1.165, 1.54) is 5.56 Å². The first-order valence-corrected chi connectivity index (χ1v) is 8.29. The third-order valence-corrected chi connectivity index (χ3v) is 4.35. The monoisotopic (exact) mass is 340 g/mol. The molecule has 1 aromatic rings. The van der Waals surface area contributed by atoms with Gasteiger partial charge in [0.2, 0.25) is 6.29 Å². The molecule has 6 heteroatoms. The van der Waals surface area contributed by atoms with Crippen LogP contribution in [0.1, 0.15) is 38.8 Å². The standard InChI is InChI=1S/C18H28O6/c1-5-10-6-7-12(11(8-10)18(2,3)4)23-17-16(22)15(21)14(20)13(9-19)24-17/h6-8,13-17,19-22H,5,9H2,1-4H3/t13-,14+,15-,16+,17-/m1/s1. The first-order chi connectivity index (χ1) is 11.2. The van der Waals surface area contributed by atoms with Crippen molar-refractivity contribution in [2.24, 2.45) is 0 Å². The van der Waals surface area contributed by atoms with E-state index in [0.29, 0.717) is 5.75 Å². The van der Waals surface area contributed by atoms with Gasteiger partial charge in [0.05, 0.1) is 6.61 Å². The summed E-state index contributed by atoms with van der Waals surface area (Å²) in [6, 6.07) is 5.81. The molecule has 1 fully saturated rings. The fraction of sp³-hybridized carbons (Fsp3) is 0.667. The van der Waals surface area contributed by atoms with Crippen molar-refractivity contribution in [1.29, 1.82) is 0 Å². The van der Waals surface area contributed by atoms with Gasteiger partial charge in [-0.2, -0.15) is 0 Å². The predicted molar refractivity (Wildman–Crippen MR) is 88.9 cm³/mol. The maximum atomic E-state index is 10.1. The van der Waals surface area contributed by atoms with Gasteiger partial charge in [0.1, 0.15) is 30.2 Å². The zero-order chi connectivity index (χ0) is 18.1. The zero-order valence-corrected chi connectivity index (χ0v) is 14.6. The number of aliphatic hydroxyl groups excluding tert-OH is 4. The van der Waals surface area contributed by atoms with E-state index in [1.807, 2.05) is 12.1 Å². The first kappa shape index (κ1) is 19.1. The van der Waals surface area contributed by atoms with E-state index in [0.717, 1.165) is 12.0 Å². The Morgan fingerprint density at radius 3 is 2.29 bits per heavy atom. The van der Waals surface area contributed by atoms with Crippen LogP contribution in [0.15, 0.2) is 18.2 Å². The molecule has 1 aliphatic heterocycles. The summed E-state index contributed by atoms with van der Waals surface area (Å²) in [6.45, 7) is 7.76. The normalized spacial score (nSPS) is 31.1. The molecule has 2 rings (SSSR count). The molecule has 0 saturated carbocycles. The Morgan fingerprint density at radius 1 is 1.08 bits per heavy atom. The van der Waals surface area contributed by atoms with E-state index < -0.39 is 37.3 Å². The van der Waals surface area contributed by atoms with Crippen molar-refractivity contribution < 1.29 is 29.9 Å². The van der Waals surface area contributed by atoms with Crippen molar-refractivity contribution in [3.05, 3.63) is 29.3 Å². The van der Waals surface area contributed by atoms with Crippen LogP contribution in [0.25, 0.3) is 0 Å². The van der Waals surface area contributed by atoms with E-state index in [2.05, 4.69) is 33.8 Å². The molecule has 136 valence electrons. The number of ether oxygens (including phenoxy) is 2. The van der Waals surface area contributed by atoms with Gasteiger partial charge in [-0.25, -0.2) is 0 Å². The Bertz CT molecular complexity index is 551. The molecule has 0 aliphatic carbocycles. The average Bonchev–Trinajstić information content (AvgIpc) is 2.54. The van der Waals surface area contributed by atoms with Gasteiger partial charge in [0.25, 0.3) is 0 Å². The lowest BCUT2D eigenvalue weighted by molar-refractivity contribution is -0.277. The number of hydrogen-bond donors (Lipinski definition) is 4. The van der Waals surface area contributed by atoms with Gasteiger partial charge in [0, 0.05) is 0 Å². The molecule has 6 nitrogen and oxygen atoms in total. The molecule has 0 radical (unpaired) electrons. The molecule has 0 amide bonds. The maximum absolute atomic E-state index is 10.1. The second kappa shape index (κ2) is 7.37. The second-order valence-electron chi connectivity index (χ2n) is 7.25. The molecule has 1 saturated heterocycles. The quantitative estimate of drug-likeness (QED) is 0.645. The molecule has 4 N–H and O–H groups in total. The van der Waals surface area contributed by atoms with Crippen LogP contribution in [0.5, 0.6) is 5.75 Å². The number of rotatable bonds is 4. The van der Waals surface area contributed by atoms with Crippen LogP contribution in [0.2, 0.25) is 0 Å². The van der Waals surface area contributed by atoms with Gasteiger partial charge in [-0.15, -0.1) is 0 Å². The summed E-state index contributed by atoms with van der Waals surface area (Å²) in [6.07, 6.45) is -5.52. The highest BCUT2D eigenvalue weighted by molar-refractivity contribution is 5.41. The number of hydrogen-bond acceptors (Lipinski definition) is 6. The Balaban J connectivity index is 2.30. The highest BCUT2D eigenvalue weighted by atomic mass is 16.7. The highest BCUT2D eigenvalue weighted by Crippen LogP contribution is 2.34. The molecule has 1 aliphatic rings. The first-order valence-electron chi connectivity index (χ1n) is 8.29. The van der Waals surface area contributed by atoms with Crippen molar-refractivity contribution in [1.82, 2.24) is 0 Å². The molecule has 5 atom stereocenters. The fourth-order valence-electron chi connectivity index (χ4n) is 2.78. The van der Waals surface area contributed by atoms with Crippen LogP contribution < -0.4 is 4.74 Å². The van der Waals surface area contributed by atoms with E-state index in [4.69, 9.17) is 9.47 Å². The minimum absolute atomic E-state index is 0.186. The van der Waals surface area contributed by atoms with Crippen molar-refractivity contribution in [2.45, 2.75) is 70.2 Å². The van der Waals surface area contributed by atoms with E-state index in [-0.39, 0.29) is 5.41 Å². The zero-order valence-electron chi connectivity index (χ0n) is 14.6. The van der Waals surface area contributed by atoms with Crippen LogP contribution >= 0.6 is 0 Å². The molecule has 0 spiro atoms. The lowest BCUT2D eigenvalue weighted by atomic mass is 9.85. The largest absolute Gasteiger partial charge is 0.462 e. The van der Waals surface area contributed by atoms with Crippen LogP contribution in [-0.4, -0.2) is 57.7 Å². The second-order valence-corrected chi connectivity index (χ2v) is 7.25. The van der Waals surface area contributed by atoms with E-state index >= 15 is 0 Å². The van der Waals surface area contributed by atoms with Crippen molar-refractivity contribution in [2.75, 3.05) is 6.61 Å². The lowest BCUT2D eigenvalue weighted by Gasteiger charge is -2.40. The summed E-state index contributed by atoms with van der Waals surface area (Å²) in [5.74, 6) is 0.545. The third-order valence-electron chi connectivity index (χ3n) is 4.35. The SMILES string of the molecule is CCc1ccc(O[C@@H]2O[C@H](CO)[C@H](O)[C@@H](O)[C@@H]2O)c(C(C)(C)C)c1. The Hall–Kier alpha value is -1.18. The van der Waals surface area contributed by atoms with E-state index in [1.54, 1.807) is 0 Å². The molecule has 0 aromatic heterocycles. The van der Waals surface area contributed by atoms with Crippen LogP contribution in [0.4, 0.5) is 0 Å². The van der Waals surface area contributed by atoms with Crippen LogP contribution in [0.3, 0.4) is 0 Å². The third kappa shape index (κ3) is 3.90. The minimum atomic E-state index is -1.45. The van der Waals surface area contributed by atoms with Gasteiger partial charge < -0.3 is 29.9 Å². The summed E-state index contributed by atoms with van der Waals surface area (Å²) in [7, 11) is 0. The highest BCUT2D eigenvalue weighted by Gasteiger charge is 2.45. The summed E-state index contributed by atoms with van der Waals surface area (Å²) < 4.78 is 11.2. The summed E-state index contributed by atoms with van der Waals surface area (Å²) in [5, 5.41) is 39.1. The Kier molecular flexibility index (Phi) is 5.88. The molecule has 0 unspecified atom stereocenters. The molecule has 1 aromatic carbocycles. The van der Waals surface area contributed by atoms with Crippen LogP contribution in [0, 0.1) is 0 Å². The van der Waals surface area contributed by atoms with Crippen molar-refractivity contribution >= 4 is 0 Å². The summed E-state index contributed by atoms with van der Waals surface area (Å²) >= 11 is 0. The lowest BCUT2D eigenvalue weighted by Crippen LogP contribution is -2.60. The van der Waals surface area contributed by atoms with Crippen molar-refractivity contribution in [3.63, 3.8) is 0 Å².